The Labute approximate surface area is 284 Å². The van der Waals surface area contributed by atoms with Crippen LogP contribution >= 0.6 is 0 Å². The van der Waals surface area contributed by atoms with E-state index in [9.17, 15) is 14.7 Å². The molecule has 0 spiro atoms. The normalized spacial score (nSPS) is 18.9. The number of aliphatic carboxylic acids is 1. The fraction of sp³-hybridized carbons (Fsp3) is 0.474. The highest BCUT2D eigenvalue weighted by Gasteiger charge is 2.47. The summed E-state index contributed by atoms with van der Waals surface area (Å²) in [5.41, 5.74) is 3.82. The number of benzene rings is 3. The van der Waals surface area contributed by atoms with E-state index >= 15 is 0 Å². The van der Waals surface area contributed by atoms with E-state index in [4.69, 9.17) is 18.9 Å². The number of likely N-dealkylation sites (tertiary alicyclic amines) is 1. The van der Waals surface area contributed by atoms with Crippen molar-refractivity contribution in [3.8, 4) is 23.0 Å². The second kappa shape index (κ2) is 15.3. The molecule has 1 saturated heterocycles. The third-order valence-electron chi connectivity index (χ3n) is 9.30. The Kier molecular flexibility index (Phi) is 11.2. The van der Waals surface area contributed by atoms with Crippen molar-refractivity contribution in [2.75, 3.05) is 66.7 Å². The van der Waals surface area contributed by atoms with Crippen LogP contribution in [0, 0.1) is 5.92 Å². The average Bonchev–Trinajstić information content (AvgIpc) is 3.68. The minimum Gasteiger partial charge on any atom is -0.496 e. The molecule has 1 N–H and O–H groups in total. The Morgan fingerprint density at radius 3 is 2.48 bits per heavy atom. The second-order valence-electron chi connectivity index (χ2n) is 13.8. The largest absolute Gasteiger partial charge is 0.496 e. The van der Waals surface area contributed by atoms with Gasteiger partial charge in [-0.15, -0.1) is 0 Å². The monoisotopic (exact) mass is 660 g/mol. The first kappa shape index (κ1) is 35.0. The number of carboxylic acid groups (broad SMARTS) is 1. The zero-order valence-corrected chi connectivity index (χ0v) is 29.1. The number of ether oxygens (including phenoxy) is 4. The lowest BCUT2D eigenvalue weighted by Gasteiger charge is -2.30. The van der Waals surface area contributed by atoms with Gasteiger partial charge in [-0.25, -0.2) is 0 Å². The zero-order valence-electron chi connectivity index (χ0n) is 29.1. The number of anilines is 1. The van der Waals surface area contributed by atoms with Crippen molar-refractivity contribution in [3.05, 3.63) is 77.4 Å². The molecule has 5 rings (SSSR count). The summed E-state index contributed by atoms with van der Waals surface area (Å²) in [6.45, 7) is 4.11. The number of quaternary nitrogens is 1. The van der Waals surface area contributed by atoms with Crippen LogP contribution in [0.15, 0.2) is 60.7 Å². The minimum absolute atomic E-state index is 0.0406. The maximum atomic E-state index is 14.4. The van der Waals surface area contributed by atoms with Gasteiger partial charge in [-0.3, -0.25) is 14.5 Å². The molecule has 3 unspecified atom stereocenters. The van der Waals surface area contributed by atoms with Crippen molar-refractivity contribution in [1.82, 2.24) is 4.90 Å². The second-order valence-corrected chi connectivity index (χ2v) is 13.8. The van der Waals surface area contributed by atoms with E-state index in [0.29, 0.717) is 43.2 Å². The topological polar surface area (TPSA) is 97.8 Å². The average molecular weight is 661 g/mol. The van der Waals surface area contributed by atoms with Gasteiger partial charge in [0.2, 0.25) is 18.4 Å². The third-order valence-corrected chi connectivity index (χ3v) is 9.30. The van der Waals surface area contributed by atoms with Crippen LogP contribution in [-0.2, 0) is 22.6 Å². The molecule has 0 radical (unpaired) electrons. The third kappa shape index (κ3) is 8.05. The predicted molar refractivity (Wildman–Crippen MR) is 185 cm³/mol. The van der Waals surface area contributed by atoms with E-state index in [1.54, 1.807) is 14.2 Å². The molecule has 10 nitrogen and oxygen atoms in total. The lowest BCUT2D eigenvalue weighted by Crippen LogP contribution is -2.44. The fourth-order valence-electron chi connectivity index (χ4n) is 7.11. The van der Waals surface area contributed by atoms with Gasteiger partial charge in [0, 0.05) is 36.3 Å². The number of methoxy groups -OCH3 is 2. The number of hydrogen-bond donors (Lipinski definition) is 1. The quantitative estimate of drug-likeness (QED) is 0.211. The Hall–Kier alpha value is -4.28. The number of carbonyl (C=O) groups excluding carboxylic acids is 1. The van der Waals surface area contributed by atoms with Crippen LogP contribution in [0.25, 0.3) is 0 Å². The summed E-state index contributed by atoms with van der Waals surface area (Å²) in [5.74, 6) is 0.213. The molecule has 0 aliphatic carbocycles. The van der Waals surface area contributed by atoms with Crippen LogP contribution in [0.3, 0.4) is 0 Å². The Morgan fingerprint density at radius 2 is 1.77 bits per heavy atom. The van der Waals surface area contributed by atoms with Crippen molar-refractivity contribution in [1.29, 1.82) is 0 Å². The van der Waals surface area contributed by atoms with Gasteiger partial charge in [-0.05, 0) is 60.7 Å². The van der Waals surface area contributed by atoms with Crippen molar-refractivity contribution in [3.63, 3.8) is 0 Å². The molecule has 258 valence electrons. The van der Waals surface area contributed by atoms with Gasteiger partial charge < -0.3 is 33.4 Å². The van der Waals surface area contributed by atoms with Gasteiger partial charge in [-0.1, -0.05) is 43.7 Å². The number of nitrogens with zero attached hydrogens (tertiary/aromatic N) is 3. The number of fused-ring (bicyclic) bond motifs is 1. The van der Waals surface area contributed by atoms with E-state index in [0.717, 1.165) is 52.0 Å². The maximum absolute atomic E-state index is 14.4. The maximum Gasteiger partial charge on any atom is 0.308 e. The minimum atomic E-state index is -0.896. The van der Waals surface area contributed by atoms with Crippen molar-refractivity contribution >= 4 is 17.6 Å². The lowest BCUT2D eigenvalue weighted by atomic mass is 9.83. The molecule has 3 aromatic carbocycles. The molecule has 0 bridgehead atoms. The molecule has 0 aromatic heterocycles. The van der Waals surface area contributed by atoms with Crippen LogP contribution in [-0.4, -0.2) is 94.2 Å². The molecule has 2 aliphatic rings. The van der Waals surface area contributed by atoms with E-state index in [1.807, 2.05) is 53.4 Å². The summed E-state index contributed by atoms with van der Waals surface area (Å²) < 4.78 is 23.3. The van der Waals surface area contributed by atoms with Gasteiger partial charge in [0.15, 0.2) is 11.5 Å². The molecule has 10 heteroatoms. The predicted octanol–water partition coefficient (Wildman–Crippen LogP) is 5.57. The number of amides is 1. The summed E-state index contributed by atoms with van der Waals surface area (Å²) >= 11 is 0. The summed E-state index contributed by atoms with van der Waals surface area (Å²) in [4.78, 5) is 31.5. The number of unbranched alkanes of at least 4 members (excludes halogenated alkanes) is 1. The summed E-state index contributed by atoms with van der Waals surface area (Å²) in [6.07, 6.45) is 2.95. The molecule has 3 atom stereocenters. The zero-order chi connectivity index (χ0) is 34.4. The van der Waals surface area contributed by atoms with Gasteiger partial charge in [0.1, 0.15) is 12.3 Å². The number of aryl methyl sites for hydroxylation is 1. The van der Waals surface area contributed by atoms with Crippen LogP contribution in [0.2, 0.25) is 0 Å². The first-order valence-electron chi connectivity index (χ1n) is 16.8. The van der Waals surface area contributed by atoms with Crippen LogP contribution in [0.5, 0.6) is 23.0 Å². The SMILES string of the molecule is CCCCN(C(=O)CN1CC(c2cc(OC)c3c(c2)OCO3)C(C(=O)O)C1CCc1ccccc1OC)c1cccc(C[N+](C)(C)C)c1. The molecule has 1 fully saturated rings. The highest BCUT2D eigenvalue weighted by molar-refractivity contribution is 5.95. The molecule has 3 aromatic rings. The summed E-state index contributed by atoms with van der Waals surface area (Å²) in [7, 11) is 9.65. The Balaban J connectivity index is 1.49. The van der Waals surface area contributed by atoms with Crippen LogP contribution in [0.1, 0.15) is 48.8 Å². The van der Waals surface area contributed by atoms with E-state index < -0.39 is 23.8 Å². The van der Waals surface area contributed by atoms with E-state index in [1.165, 1.54) is 0 Å². The van der Waals surface area contributed by atoms with Gasteiger partial charge in [-0.2, -0.15) is 0 Å². The fourth-order valence-corrected chi connectivity index (χ4v) is 7.11. The molecule has 1 amide bonds. The smallest absolute Gasteiger partial charge is 0.308 e. The molecule has 0 saturated carbocycles. The van der Waals surface area contributed by atoms with Gasteiger partial charge in [0.25, 0.3) is 0 Å². The number of carboxylic acids is 1. The Morgan fingerprint density at radius 1 is 1.00 bits per heavy atom. The number of carbonyl (C=O) groups is 2. The van der Waals surface area contributed by atoms with E-state index in [-0.39, 0.29) is 19.2 Å². The first-order chi connectivity index (χ1) is 23.0. The number of hydrogen-bond acceptors (Lipinski definition) is 7. The summed E-state index contributed by atoms with van der Waals surface area (Å²) in [6, 6.07) is 19.3. The van der Waals surface area contributed by atoms with Gasteiger partial charge in [0.05, 0.1) is 47.8 Å². The summed E-state index contributed by atoms with van der Waals surface area (Å²) in [5, 5.41) is 10.8. The standard InChI is InChI=1S/C38H49N3O7/c1-7-8-18-40(29-14-11-12-26(19-29)24-41(2,3)4)35(42)23-39-22-30(28-20-33(46-6)37-34(21-28)47-25-48-37)36(38(43)44)31(39)17-16-27-13-9-10-15-32(27)45-5/h9-15,19-21,30-31,36H,7-8,16-18,22-25H2,1-6H3/p+1. The molecular weight excluding hydrogens is 610 g/mol. The van der Waals surface area contributed by atoms with E-state index in [2.05, 4.69) is 45.1 Å². The molecule has 48 heavy (non-hydrogen) atoms. The molecule has 2 heterocycles. The lowest BCUT2D eigenvalue weighted by molar-refractivity contribution is -0.884. The number of rotatable bonds is 15. The van der Waals surface area contributed by atoms with Crippen LogP contribution < -0.4 is 23.8 Å². The Bertz CT molecular complexity index is 1590. The van der Waals surface area contributed by atoms with Crippen LogP contribution in [0.4, 0.5) is 5.69 Å². The molecular formula is C38H50N3O7+. The highest BCUT2D eigenvalue weighted by Crippen LogP contribution is 2.47. The highest BCUT2D eigenvalue weighted by atomic mass is 16.7. The molecule has 2 aliphatic heterocycles. The first-order valence-corrected chi connectivity index (χ1v) is 16.8. The van der Waals surface area contributed by atoms with Crippen molar-refractivity contribution < 1.29 is 38.1 Å². The number of para-hydroxylation sites is 1. The van der Waals surface area contributed by atoms with Crippen molar-refractivity contribution in [2.45, 2.75) is 51.1 Å². The van der Waals surface area contributed by atoms with Crippen molar-refractivity contribution in [2.24, 2.45) is 5.92 Å². The van der Waals surface area contributed by atoms with Gasteiger partial charge >= 0.3 is 5.97 Å².